The van der Waals surface area contributed by atoms with Gasteiger partial charge >= 0.3 is 0 Å². The topological polar surface area (TPSA) is 27.7 Å². The smallest absolute Gasteiger partial charge is 0.0829 e. The van der Waals surface area contributed by atoms with Gasteiger partial charge in [-0.05, 0) is 12.5 Å². The molecule has 0 bridgehead atoms. The number of likely N-dealkylation sites (N-methyl/N-ethyl adjacent to an activating group) is 1. The fraction of sp³-hybridized carbons (Fsp3) is 1.00. The van der Waals surface area contributed by atoms with Gasteiger partial charge in [-0.2, -0.15) is 0 Å². The fourth-order valence-electron chi connectivity index (χ4n) is 2.82. The number of nitrogens with one attached hydrogen (secondary N) is 1. The molecule has 2 atom stereocenters. The van der Waals surface area contributed by atoms with E-state index >= 15 is 0 Å². The van der Waals surface area contributed by atoms with Crippen LogP contribution >= 0.6 is 0 Å². The SMILES string of the molecule is CN1CCOC(CN2CCNC(C(C)(C)C)C2)C1. The number of hydrogen-bond acceptors (Lipinski definition) is 4. The van der Waals surface area contributed by atoms with Crippen molar-refractivity contribution in [3.05, 3.63) is 0 Å². The Morgan fingerprint density at radius 1 is 1.22 bits per heavy atom. The van der Waals surface area contributed by atoms with E-state index in [1.807, 2.05) is 0 Å². The molecule has 106 valence electrons. The Labute approximate surface area is 112 Å². The molecule has 0 amide bonds. The van der Waals surface area contributed by atoms with Gasteiger partial charge in [0.2, 0.25) is 0 Å². The van der Waals surface area contributed by atoms with Gasteiger partial charge in [0.05, 0.1) is 12.7 Å². The maximum absolute atomic E-state index is 5.87. The van der Waals surface area contributed by atoms with E-state index in [4.69, 9.17) is 4.74 Å². The zero-order valence-corrected chi connectivity index (χ0v) is 12.4. The second kappa shape index (κ2) is 5.87. The lowest BCUT2D eigenvalue weighted by molar-refractivity contribution is -0.0410. The Morgan fingerprint density at radius 2 is 2.00 bits per heavy atom. The van der Waals surface area contributed by atoms with Crippen LogP contribution in [0.4, 0.5) is 0 Å². The second-order valence-electron chi connectivity index (χ2n) is 6.89. The first kappa shape index (κ1) is 14.3. The molecule has 2 rings (SSSR count). The monoisotopic (exact) mass is 255 g/mol. The van der Waals surface area contributed by atoms with Crippen molar-refractivity contribution in [2.24, 2.45) is 5.41 Å². The zero-order valence-electron chi connectivity index (χ0n) is 12.4. The van der Waals surface area contributed by atoms with E-state index in [0.29, 0.717) is 17.6 Å². The van der Waals surface area contributed by atoms with Crippen LogP contribution in [-0.4, -0.2) is 74.9 Å². The number of ether oxygens (including phenoxy) is 1. The minimum absolute atomic E-state index is 0.336. The van der Waals surface area contributed by atoms with Crippen molar-refractivity contribution < 1.29 is 4.74 Å². The summed E-state index contributed by atoms with van der Waals surface area (Å²) in [5.74, 6) is 0. The van der Waals surface area contributed by atoms with Crippen LogP contribution in [0.25, 0.3) is 0 Å². The molecule has 2 aliphatic heterocycles. The number of nitrogens with zero attached hydrogens (tertiary/aromatic N) is 2. The summed E-state index contributed by atoms with van der Waals surface area (Å²) in [6, 6.07) is 0.590. The minimum Gasteiger partial charge on any atom is -0.374 e. The van der Waals surface area contributed by atoms with Gasteiger partial charge in [0.1, 0.15) is 0 Å². The van der Waals surface area contributed by atoms with Crippen molar-refractivity contribution in [1.29, 1.82) is 0 Å². The third kappa shape index (κ3) is 3.92. The predicted octanol–water partition coefficient (Wildman–Crippen LogP) is 0.637. The lowest BCUT2D eigenvalue weighted by atomic mass is 9.85. The minimum atomic E-state index is 0.336. The largest absolute Gasteiger partial charge is 0.374 e. The highest BCUT2D eigenvalue weighted by atomic mass is 16.5. The summed E-state index contributed by atoms with van der Waals surface area (Å²) in [5, 5.41) is 3.64. The van der Waals surface area contributed by atoms with Crippen molar-refractivity contribution in [2.75, 3.05) is 52.9 Å². The Balaban J connectivity index is 1.82. The first-order valence-electron chi connectivity index (χ1n) is 7.21. The summed E-state index contributed by atoms with van der Waals surface area (Å²) in [5.41, 5.74) is 0.336. The van der Waals surface area contributed by atoms with Crippen LogP contribution in [0.5, 0.6) is 0 Å². The van der Waals surface area contributed by atoms with E-state index in [2.05, 4.69) is 42.9 Å². The highest BCUT2D eigenvalue weighted by Crippen LogP contribution is 2.22. The standard InChI is InChI=1S/C14H29N3O/c1-14(2,3)13-11-17(6-5-15-13)10-12-9-16(4)7-8-18-12/h12-13,15H,5-11H2,1-4H3. The fourth-order valence-corrected chi connectivity index (χ4v) is 2.82. The number of rotatable bonds is 2. The molecule has 0 spiro atoms. The molecule has 2 aliphatic rings. The van der Waals surface area contributed by atoms with Gasteiger partial charge < -0.3 is 15.0 Å². The quantitative estimate of drug-likeness (QED) is 0.783. The highest BCUT2D eigenvalue weighted by molar-refractivity contribution is 4.88. The van der Waals surface area contributed by atoms with E-state index in [-0.39, 0.29) is 0 Å². The molecule has 4 nitrogen and oxygen atoms in total. The van der Waals surface area contributed by atoms with Gasteiger partial charge in [-0.1, -0.05) is 20.8 Å². The molecule has 18 heavy (non-hydrogen) atoms. The van der Waals surface area contributed by atoms with Gasteiger partial charge in [0.25, 0.3) is 0 Å². The molecule has 4 heteroatoms. The Kier molecular flexibility index (Phi) is 4.64. The number of hydrogen-bond donors (Lipinski definition) is 1. The summed E-state index contributed by atoms with van der Waals surface area (Å²) >= 11 is 0. The van der Waals surface area contributed by atoms with Crippen molar-refractivity contribution in [2.45, 2.75) is 32.9 Å². The van der Waals surface area contributed by atoms with Crippen molar-refractivity contribution in [1.82, 2.24) is 15.1 Å². The van der Waals surface area contributed by atoms with E-state index in [9.17, 15) is 0 Å². The maximum Gasteiger partial charge on any atom is 0.0829 e. The van der Waals surface area contributed by atoms with Crippen LogP contribution in [0.3, 0.4) is 0 Å². The number of morpholine rings is 1. The summed E-state index contributed by atoms with van der Waals surface area (Å²) in [6.07, 6.45) is 0.391. The van der Waals surface area contributed by atoms with Crippen molar-refractivity contribution in [3.8, 4) is 0 Å². The highest BCUT2D eigenvalue weighted by Gasteiger charge is 2.30. The lowest BCUT2D eigenvalue weighted by Gasteiger charge is -2.42. The zero-order chi connectivity index (χ0) is 13.2. The lowest BCUT2D eigenvalue weighted by Crippen LogP contribution is -2.58. The molecule has 2 saturated heterocycles. The van der Waals surface area contributed by atoms with Crippen LogP contribution in [0.1, 0.15) is 20.8 Å². The molecular weight excluding hydrogens is 226 g/mol. The van der Waals surface area contributed by atoms with E-state index in [0.717, 1.165) is 45.9 Å². The van der Waals surface area contributed by atoms with Gasteiger partial charge in [-0.15, -0.1) is 0 Å². The molecule has 2 heterocycles. The van der Waals surface area contributed by atoms with Crippen LogP contribution in [0.15, 0.2) is 0 Å². The molecule has 0 aromatic heterocycles. The van der Waals surface area contributed by atoms with Crippen LogP contribution in [0.2, 0.25) is 0 Å². The molecule has 2 unspecified atom stereocenters. The van der Waals surface area contributed by atoms with Crippen LogP contribution < -0.4 is 5.32 Å². The third-order valence-electron chi connectivity index (χ3n) is 4.11. The molecule has 0 saturated carbocycles. The van der Waals surface area contributed by atoms with Crippen molar-refractivity contribution in [3.63, 3.8) is 0 Å². The van der Waals surface area contributed by atoms with Gasteiger partial charge in [0, 0.05) is 45.3 Å². The van der Waals surface area contributed by atoms with E-state index < -0.39 is 0 Å². The number of piperazine rings is 1. The molecule has 0 radical (unpaired) electrons. The van der Waals surface area contributed by atoms with Gasteiger partial charge in [-0.3, -0.25) is 4.90 Å². The normalized spacial score (nSPS) is 32.7. The summed E-state index contributed by atoms with van der Waals surface area (Å²) < 4.78 is 5.87. The van der Waals surface area contributed by atoms with E-state index in [1.165, 1.54) is 0 Å². The maximum atomic E-state index is 5.87. The summed E-state index contributed by atoms with van der Waals surface area (Å²) in [7, 11) is 2.19. The molecule has 0 aliphatic carbocycles. The van der Waals surface area contributed by atoms with Crippen LogP contribution in [0, 0.1) is 5.41 Å². The Bertz CT molecular complexity index is 264. The molecule has 0 aromatic carbocycles. The summed E-state index contributed by atoms with van der Waals surface area (Å²) in [4.78, 5) is 4.94. The molecule has 2 fully saturated rings. The van der Waals surface area contributed by atoms with Gasteiger partial charge in [-0.25, -0.2) is 0 Å². The second-order valence-corrected chi connectivity index (χ2v) is 6.89. The third-order valence-corrected chi connectivity index (χ3v) is 4.11. The molecule has 0 aromatic rings. The first-order chi connectivity index (χ1) is 8.45. The first-order valence-corrected chi connectivity index (χ1v) is 7.21. The average Bonchev–Trinajstić information content (AvgIpc) is 2.28. The van der Waals surface area contributed by atoms with E-state index in [1.54, 1.807) is 0 Å². The van der Waals surface area contributed by atoms with Gasteiger partial charge in [0.15, 0.2) is 0 Å². The molecular formula is C14H29N3O. The Morgan fingerprint density at radius 3 is 2.67 bits per heavy atom. The predicted molar refractivity (Wildman–Crippen MR) is 74.9 cm³/mol. The Hall–Kier alpha value is -0.160. The average molecular weight is 255 g/mol. The van der Waals surface area contributed by atoms with Crippen LogP contribution in [-0.2, 0) is 4.74 Å². The summed E-state index contributed by atoms with van der Waals surface area (Å²) in [6.45, 7) is 14.5. The van der Waals surface area contributed by atoms with Crippen molar-refractivity contribution >= 4 is 0 Å². The molecule has 1 N–H and O–H groups in total.